The predicted octanol–water partition coefficient (Wildman–Crippen LogP) is 1.88. The number of hydrogen-bond donors (Lipinski definition) is 0. The lowest BCUT2D eigenvalue weighted by Crippen LogP contribution is -1.97. The molecule has 0 aromatic heterocycles. The Morgan fingerprint density at radius 2 is 1.71 bits per heavy atom. The Labute approximate surface area is 79.5 Å². The summed E-state index contributed by atoms with van der Waals surface area (Å²) in [6.45, 7) is 3.54. The van der Waals surface area contributed by atoms with E-state index in [4.69, 9.17) is 0 Å². The van der Waals surface area contributed by atoms with Gasteiger partial charge in [0.1, 0.15) is 0 Å². The fourth-order valence-corrected chi connectivity index (χ4v) is 1.03. The zero-order chi connectivity index (χ0) is 10.7. The van der Waals surface area contributed by atoms with Crippen molar-refractivity contribution < 1.29 is 9.85 Å². The molecule has 6 nitrogen and oxygen atoms in total. The molecule has 73 valence electrons. The van der Waals surface area contributed by atoms with Gasteiger partial charge in [0.2, 0.25) is 0 Å². The van der Waals surface area contributed by atoms with Crippen LogP contribution in [0.15, 0.2) is 18.2 Å². The second-order valence-corrected chi connectivity index (χ2v) is 2.59. The van der Waals surface area contributed by atoms with Gasteiger partial charge >= 0.3 is 11.4 Å². The first kappa shape index (κ1) is 10.1. The minimum Gasteiger partial charge on any atom is -0.258 e. The Bertz CT molecular complexity index is 389. The third-order valence-corrected chi connectivity index (χ3v) is 1.72. The van der Waals surface area contributed by atoms with Crippen LogP contribution in [0.3, 0.4) is 0 Å². The molecule has 0 heterocycles. The molecule has 0 amide bonds. The molecule has 0 spiro atoms. The SMILES string of the molecule is [CH2]Cc1ccc([N+](=O)[O-])c([N+](=O)[O-])c1. The number of rotatable bonds is 3. The van der Waals surface area contributed by atoms with Gasteiger partial charge in [-0.15, -0.1) is 0 Å². The minimum atomic E-state index is -0.773. The summed E-state index contributed by atoms with van der Waals surface area (Å²) in [6.07, 6.45) is 0.360. The van der Waals surface area contributed by atoms with E-state index in [9.17, 15) is 20.2 Å². The van der Waals surface area contributed by atoms with E-state index in [2.05, 4.69) is 6.92 Å². The van der Waals surface area contributed by atoms with Crippen LogP contribution in [0.1, 0.15) is 5.56 Å². The summed E-state index contributed by atoms with van der Waals surface area (Å²) in [6, 6.07) is 3.75. The third-order valence-electron chi connectivity index (χ3n) is 1.72. The lowest BCUT2D eigenvalue weighted by atomic mass is 10.1. The van der Waals surface area contributed by atoms with Gasteiger partial charge in [0.05, 0.1) is 9.85 Å². The zero-order valence-electron chi connectivity index (χ0n) is 7.17. The first-order valence-electron chi connectivity index (χ1n) is 3.77. The van der Waals surface area contributed by atoms with Crippen LogP contribution in [0.2, 0.25) is 0 Å². The molecule has 0 saturated heterocycles. The standard InChI is InChI=1S/C8H7N2O4/c1-2-6-3-4-7(9(11)12)8(5-6)10(13)14/h3-5H,1-2H2. The zero-order valence-corrected chi connectivity index (χ0v) is 7.17. The van der Waals surface area contributed by atoms with E-state index in [0.717, 1.165) is 6.07 Å². The maximum absolute atomic E-state index is 10.5. The van der Waals surface area contributed by atoms with Crippen LogP contribution < -0.4 is 0 Å². The van der Waals surface area contributed by atoms with Crippen LogP contribution >= 0.6 is 0 Å². The quantitative estimate of drug-likeness (QED) is 0.544. The molecule has 0 aliphatic rings. The Morgan fingerprint density at radius 3 is 2.14 bits per heavy atom. The second-order valence-electron chi connectivity index (χ2n) is 2.59. The van der Waals surface area contributed by atoms with Gasteiger partial charge in [-0.3, -0.25) is 20.2 Å². The number of benzene rings is 1. The van der Waals surface area contributed by atoms with Gasteiger partial charge in [-0.1, -0.05) is 6.07 Å². The molecule has 0 unspecified atom stereocenters. The Kier molecular flexibility index (Phi) is 2.76. The normalized spacial score (nSPS) is 9.79. The highest BCUT2D eigenvalue weighted by Gasteiger charge is 2.23. The van der Waals surface area contributed by atoms with Crippen molar-refractivity contribution in [1.82, 2.24) is 0 Å². The van der Waals surface area contributed by atoms with E-state index >= 15 is 0 Å². The van der Waals surface area contributed by atoms with Crippen LogP contribution in [0.25, 0.3) is 0 Å². The average Bonchev–Trinajstić information content (AvgIpc) is 2.16. The summed E-state index contributed by atoms with van der Waals surface area (Å²) in [4.78, 5) is 19.3. The van der Waals surface area contributed by atoms with E-state index in [1.807, 2.05) is 0 Å². The Hall–Kier alpha value is -1.98. The van der Waals surface area contributed by atoms with Crippen molar-refractivity contribution in [3.05, 3.63) is 50.9 Å². The lowest BCUT2D eigenvalue weighted by molar-refractivity contribution is -0.422. The van der Waals surface area contributed by atoms with Crippen LogP contribution in [-0.2, 0) is 6.42 Å². The Balaban J connectivity index is 3.31. The summed E-state index contributed by atoms with van der Waals surface area (Å²) in [5, 5.41) is 20.9. The number of nitrogens with zero attached hydrogens (tertiary/aromatic N) is 2. The maximum Gasteiger partial charge on any atom is 0.346 e. The van der Waals surface area contributed by atoms with Gasteiger partial charge in [0.15, 0.2) is 0 Å². The van der Waals surface area contributed by atoms with E-state index in [-0.39, 0.29) is 0 Å². The molecule has 0 bridgehead atoms. The molecule has 0 aliphatic carbocycles. The smallest absolute Gasteiger partial charge is 0.258 e. The summed E-state index contributed by atoms with van der Waals surface area (Å²) in [7, 11) is 0. The molecule has 0 aliphatic heterocycles. The van der Waals surface area contributed by atoms with E-state index < -0.39 is 21.2 Å². The largest absolute Gasteiger partial charge is 0.346 e. The van der Waals surface area contributed by atoms with Gasteiger partial charge in [-0.05, 0) is 18.9 Å². The minimum absolute atomic E-state index is 0.360. The van der Waals surface area contributed by atoms with E-state index in [1.165, 1.54) is 12.1 Å². The van der Waals surface area contributed by atoms with Gasteiger partial charge in [-0.2, -0.15) is 0 Å². The predicted molar refractivity (Wildman–Crippen MR) is 48.8 cm³/mol. The lowest BCUT2D eigenvalue weighted by Gasteiger charge is -1.97. The van der Waals surface area contributed by atoms with Gasteiger partial charge in [0.25, 0.3) is 0 Å². The number of hydrogen-bond acceptors (Lipinski definition) is 4. The monoisotopic (exact) mass is 195 g/mol. The number of nitro benzene ring substituents is 2. The highest BCUT2D eigenvalue weighted by molar-refractivity contribution is 5.54. The molecule has 1 aromatic carbocycles. The molecule has 1 radical (unpaired) electrons. The first-order valence-corrected chi connectivity index (χ1v) is 3.77. The summed E-state index contributed by atoms with van der Waals surface area (Å²) in [5.41, 5.74) is -0.384. The molecular weight excluding hydrogens is 188 g/mol. The fourth-order valence-electron chi connectivity index (χ4n) is 1.03. The highest BCUT2D eigenvalue weighted by atomic mass is 16.6. The molecule has 0 fully saturated rings. The molecule has 1 aromatic rings. The van der Waals surface area contributed by atoms with Gasteiger partial charge in [0, 0.05) is 12.1 Å². The Morgan fingerprint density at radius 1 is 1.14 bits per heavy atom. The van der Waals surface area contributed by atoms with Crippen LogP contribution in [0, 0.1) is 27.2 Å². The van der Waals surface area contributed by atoms with Gasteiger partial charge in [-0.25, -0.2) is 0 Å². The van der Waals surface area contributed by atoms with Gasteiger partial charge < -0.3 is 0 Å². The van der Waals surface area contributed by atoms with Crippen molar-refractivity contribution in [2.45, 2.75) is 6.42 Å². The molecule has 0 N–H and O–H groups in total. The van der Waals surface area contributed by atoms with Crippen molar-refractivity contribution in [2.75, 3.05) is 0 Å². The maximum atomic E-state index is 10.5. The molecule has 0 saturated carbocycles. The first-order chi connectivity index (χ1) is 6.56. The summed E-state index contributed by atoms with van der Waals surface area (Å²) >= 11 is 0. The van der Waals surface area contributed by atoms with Crippen LogP contribution in [0.5, 0.6) is 0 Å². The average molecular weight is 195 g/mol. The van der Waals surface area contributed by atoms with Crippen LogP contribution in [-0.4, -0.2) is 9.85 Å². The molecule has 1 rings (SSSR count). The van der Waals surface area contributed by atoms with E-state index in [0.29, 0.717) is 12.0 Å². The molecule has 6 heteroatoms. The summed E-state index contributed by atoms with van der Waals surface area (Å²) < 4.78 is 0. The van der Waals surface area contributed by atoms with E-state index in [1.54, 1.807) is 0 Å². The summed E-state index contributed by atoms with van der Waals surface area (Å²) in [5.74, 6) is 0. The van der Waals surface area contributed by atoms with Crippen LogP contribution in [0.4, 0.5) is 11.4 Å². The second kappa shape index (κ2) is 3.82. The highest BCUT2D eigenvalue weighted by Crippen LogP contribution is 2.27. The van der Waals surface area contributed by atoms with Crippen molar-refractivity contribution in [1.29, 1.82) is 0 Å². The fraction of sp³-hybridized carbons (Fsp3) is 0.125. The molecule has 14 heavy (non-hydrogen) atoms. The van der Waals surface area contributed by atoms with Crippen molar-refractivity contribution in [2.24, 2.45) is 0 Å². The van der Waals surface area contributed by atoms with Crippen molar-refractivity contribution >= 4 is 11.4 Å². The molecular formula is C8H7N2O4. The van der Waals surface area contributed by atoms with Crippen molar-refractivity contribution in [3.8, 4) is 0 Å². The van der Waals surface area contributed by atoms with Crippen molar-refractivity contribution in [3.63, 3.8) is 0 Å². The third kappa shape index (κ3) is 1.85. The topological polar surface area (TPSA) is 86.3 Å². The molecule has 0 atom stereocenters. The number of nitro groups is 2.